The summed E-state index contributed by atoms with van der Waals surface area (Å²) in [6, 6.07) is 10.9. The molecule has 0 bridgehead atoms. The fourth-order valence-electron chi connectivity index (χ4n) is 3.13. The molecule has 1 aliphatic heterocycles. The number of para-hydroxylation sites is 1. The Bertz CT molecular complexity index is 923. The van der Waals surface area contributed by atoms with E-state index in [-0.39, 0.29) is 5.91 Å². The van der Waals surface area contributed by atoms with Crippen LogP contribution in [0.2, 0.25) is 5.02 Å². The van der Waals surface area contributed by atoms with Gasteiger partial charge in [0.25, 0.3) is 0 Å². The quantitative estimate of drug-likeness (QED) is 0.498. The van der Waals surface area contributed by atoms with Crippen LogP contribution in [0.5, 0.6) is 11.5 Å². The van der Waals surface area contributed by atoms with Gasteiger partial charge in [0.05, 0.1) is 36.7 Å². The molecule has 1 amide bonds. The smallest absolute Gasteiger partial charge is 0.248 e. The molecule has 1 N–H and O–H groups in total. The van der Waals surface area contributed by atoms with E-state index in [1.54, 1.807) is 31.4 Å². The zero-order valence-corrected chi connectivity index (χ0v) is 17.7. The van der Waals surface area contributed by atoms with Crippen molar-refractivity contribution in [3.05, 3.63) is 65.7 Å². The SMILES string of the molecule is C=CCOc1ccc(/C=C/C(=O)Nc2cccc(Cl)c2N2CCOCC2)cc1OC. The van der Waals surface area contributed by atoms with Crippen LogP contribution in [-0.4, -0.2) is 45.9 Å². The molecule has 158 valence electrons. The van der Waals surface area contributed by atoms with Crippen molar-refractivity contribution >= 4 is 35.0 Å². The maximum absolute atomic E-state index is 12.5. The van der Waals surface area contributed by atoms with Gasteiger partial charge in [0.2, 0.25) is 5.91 Å². The third kappa shape index (κ3) is 5.55. The van der Waals surface area contributed by atoms with Gasteiger partial charge in [-0.15, -0.1) is 0 Å². The average Bonchev–Trinajstić information content (AvgIpc) is 2.77. The number of methoxy groups -OCH3 is 1. The summed E-state index contributed by atoms with van der Waals surface area (Å²) < 4.78 is 16.3. The molecule has 1 heterocycles. The first-order chi connectivity index (χ1) is 14.6. The van der Waals surface area contributed by atoms with Gasteiger partial charge in [-0.25, -0.2) is 0 Å². The molecule has 0 unspecified atom stereocenters. The number of amides is 1. The Morgan fingerprint density at radius 3 is 2.80 bits per heavy atom. The largest absolute Gasteiger partial charge is 0.493 e. The summed E-state index contributed by atoms with van der Waals surface area (Å²) in [4.78, 5) is 14.7. The lowest BCUT2D eigenvalue weighted by molar-refractivity contribution is -0.111. The molecule has 3 rings (SSSR count). The molecular formula is C23H25ClN2O4. The number of carbonyl (C=O) groups excluding carboxylic acids is 1. The molecule has 0 radical (unpaired) electrons. The summed E-state index contributed by atoms with van der Waals surface area (Å²) in [5, 5.41) is 3.52. The molecule has 6 nitrogen and oxygen atoms in total. The minimum absolute atomic E-state index is 0.252. The summed E-state index contributed by atoms with van der Waals surface area (Å²) in [6.07, 6.45) is 4.86. The molecule has 1 saturated heterocycles. The lowest BCUT2D eigenvalue weighted by Gasteiger charge is -2.31. The molecule has 0 atom stereocenters. The lowest BCUT2D eigenvalue weighted by Crippen LogP contribution is -2.37. The topological polar surface area (TPSA) is 60.0 Å². The summed E-state index contributed by atoms with van der Waals surface area (Å²) in [5.74, 6) is 0.953. The van der Waals surface area contributed by atoms with Crippen LogP contribution in [0, 0.1) is 0 Å². The Labute approximate surface area is 181 Å². The third-order valence-corrected chi connectivity index (χ3v) is 4.85. The summed E-state index contributed by atoms with van der Waals surface area (Å²) in [7, 11) is 1.57. The minimum Gasteiger partial charge on any atom is -0.493 e. The number of benzene rings is 2. The van der Waals surface area contributed by atoms with E-state index in [1.807, 2.05) is 24.3 Å². The van der Waals surface area contributed by atoms with Crippen LogP contribution in [0.3, 0.4) is 0 Å². The molecule has 2 aromatic carbocycles. The first-order valence-electron chi connectivity index (χ1n) is 9.64. The van der Waals surface area contributed by atoms with Crippen molar-refractivity contribution in [1.82, 2.24) is 0 Å². The Morgan fingerprint density at radius 1 is 1.27 bits per heavy atom. The Morgan fingerprint density at radius 2 is 2.07 bits per heavy atom. The molecule has 0 aromatic heterocycles. The van der Waals surface area contributed by atoms with Gasteiger partial charge in [0.15, 0.2) is 11.5 Å². The fraction of sp³-hybridized carbons (Fsp3) is 0.261. The highest BCUT2D eigenvalue weighted by atomic mass is 35.5. The molecule has 30 heavy (non-hydrogen) atoms. The van der Waals surface area contributed by atoms with Crippen LogP contribution in [0.25, 0.3) is 6.08 Å². The molecule has 1 aliphatic rings. The first-order valence-corrected chi connectivity index (χ1v) is 10.0. The summed E-state index contributed by atoms with van der Waals surface area (Å²) in [6.45, 7) is 6.74. The number of hydrogen-bond acceptors (Lipinski definition) is 5. The normalized spacial score (nSPS) is 13.9. The number of ether oxygens (including phenoxy) is 3. The van der Waals surface area contributed by atoms with Crippen molar-refractivity contribution in [3.63, 3.8) is 0 Å². The standard InChI is InChI=1S/C23H25ClN2O4/c1-3-13-30-20-9-7-17(16-21(20)28-2)8-10-22(27)25-19-6-4-5-18(24)23(19)26-11-14-29-15-12-26/h3-10,16H,1,11-15H2,2H3,(H,25,27)/b10-8+. The minimum atomic E-state index is -0.252. The van der Waals surface area contributed by atoms with Gasteiger partial charge in [-0.3, -0.25) is 4.79 Å². The number of nitrogens with zero attached hydrogens (tertiary/aromatic N) is 1. The second-order valence-electron chi connectivity index (χ2n) is 6.57. The van der Waals surface area contributed by atoms with Gasteiger partial charge in [0, 0.05) is 19.2 Å². The molecule has 0 spiro atoms. The highest BCUT2D eigenvalue weighted by molar-refractivity contribution is 6.34. The number of carbonyl (C=O) groups is 1. The van der Waals surface area contributed by atoms with Gasteiger partial charge in [-0.1, -0.05) is 36.4 Å². The van der Waals surface area contributed by atoms with Crippen molar-refractivity contribution in [1.29, 1.82) is 0 Å². The van der Waals surface area contributed by atoms with E-state index < -0.39 is 0 Å². The van der Waals surface area contributed by atoms with Crippen LogP contribution in [0.1, 0.15) is 5.56 Å². The van der Waals surface area contributed by atoms with Crippen LogP contribution < -0.4 is 19.7 Å². The van der Waals surface area contributed by atoms with Crippen LogP contribution in [0.4, 0.5) is 11.4 Å². The van der Waals surface area contributed by atoms with Crippen molar-refractivity contribution < 1.29 is 19.0 Å². The van der Waals surface area contributed by atoms with E-state index in [9.17, 15) is 4.79 Å². The van der Waals surface area contributed by atoms with Crippen molar-refractivity contribution in [2.24, 2.45) is 0 Å². The maximum Gasteiger partial charge on any atom is 0.248 e. The monoisotopic (exact) mass is 428 g/mol. The number of hydrogen-bond donors (Lipinski definition) is 1. The van der Waals surface area contributed by atoms with E-state index in [0.717, 1.165) is 24.3 Å². The second-order valence-corrected chi connectivity index (χ2v) is 6.98. The van der Waals surface area contributed by atoms with Crippen molar-refractivity contribution in [3.8, 4) is 11.5 Å². The summed E-state index contributed by atoms with van der Waals surface area (Å²) in [5.41, 5.74) is 2.30. The Kier molecular flexibility index (Phi) is 7.76. The van der Waals surface area contributed by atoms with Crippen molar-refractivity contribution in [2.45, 2.75) is 0 Å². The van der Waals surface area contributed by atoms with Crippen LogP contribution >= 0.6 is 11.6 Å². The van der Waals surface area contributed by atoms with Crippen LogP contribution in [0.15, 0.2) is 55.1 Å². The van der Waals surface area contributed by atoms with Gasteiger partial charge in [-0.2, -0.15) is 0 Å². The fourth-order valence-corrected chi connectivity index (χ4v) is 3.42. The third-order valence-electron chi connectivity index (χ3n) is 4.54. The maximum atomic E-state index is 12.5. The van der Waals surface area contributed by atoms with Gasteiger partial charge in [0.1, 0.15) is 6.61 Å². The molecule has 2 aromatic rings. The molecule has 1 fully saturated rings. The zero-order chi connectivity index (χ0) is 21.3. The zero-order valence-electron chi connectivity index (χ0n) is 16.9. The highest BCUT2D eigenvalue weighted by Crippen LogP contribution is 2.34. The number of nitrogens with one attached hydrogen (secondary N) is 1. The van der Waals surface area contributed by atoms with E-state index in [0.29, 0.717) is 42.0 Å². The summed E-state index contributed by atoms with van der Waals surface area (Å²) >= 11 is 6.42. The lowest BCUT2D eigenvalue weighted by atomic mass is 10.2. The van der Waals surface area contributed by atoms with Gasteiger partial charge < -0.3 is 24.4 Å². The Balaban J connectivity index is 1.72. The number of morpholine rings is 1. The van der Waals surface area contributed by atoms with E-state index in [2.05, 4.69) is 16.8 Å². The van der Waals surface area contributed by atoms with E-state index in [1.165, 1.54) is 6.08 Å². The number of anilines is 2. The van der Waals surface area contributed by atoms with E-state index in [4.69, 9.17) is 25.8 Å². The highest BCUT2D eigenvalue weighted by Gasteiger charge is 2.18. The predicted octanol–water partition coefficient (Wildman–Crippen LogP) is 4.40. The predicted molar refractivity (Wildman–Crippen MR) is 121 cm³/mol. The molecule has 0 saturated carbocycles. The number of halogens is 1. The molecular weight excluding hydrogens is 404 g/mol. The molecule has 7 heteroatoms. The number of rotatable bonds is 8. The molecule has 0 aliphatic carbocycles. The van der Waals surface area contributed by atoms with Crippen LogP contribution in [-0.2, 0) is 9.53 Å². The average molecular weight is 429 g/mol. The second kappa shape index (κ2) is 10.7. The Hall–Kier alpha value is -2.96. The van der Waals surface area contributed by atoms with Gasteiger partial charge in [-0.05, 0) is 35.9 Å². The first kappa shape index (κ1) is 21.7. The van der Waals surface area contributed by atoms with Crippen molar-refractivity contribution in [2.75, 3.05) is 50.2 Å². The van der Waals surface area contributed by atoms with E-state index >= 15 is 0 Å². The van der Waals surface area contributed by atoms with Gasteiger partial charge >= 0.3 is 0 Å².